The molecule has 2 aliphatic heterocycles. The molecule has 2 N–H and O–H groups in total. The zero-order valence-electron chi connectivity index (χ0n) is 14.7. The molecule has 1 fully saturated rings. The summed E-state index contributed by atoms with van der Waals surface area (Å²) in [6.45, 7) is 0. The van der Waals surface area contributed by atoms with Crippen molar-refractivity contribution in [1.29, 1.82) is 0 Å². The van der Waals surface area contributed by atoms with E-state index in [-0.39, 0.29) is 24.3 Å². The van der Waals surface area contributed by atoms with Gasteiger partial charge in [0, 0.05) is 12.1 Å². The van der Waals surface area contributed by atoms with E-state index in [0.29, 0.717) is 18.0 Å². The standard InChI is InChI=1S/C21H24FN3.ClH/c22-17-9-7-16(8-10-17)20-14-19-13-12-18(25(19)21(23)24-20)11-6-15-4-2-1-3-5-15;/h1-5,7-10,18-20H,6,11-14H2,(H2,23,24);1H/t18-,19+,20+;/m0./s1. The largest absolute Gasteiger partial charge is 0.370 e. The first-order chi connectivity index (χ1) is 12.2. The second-order valence-corrected chi connectivity index (χ2v) is 7.11. The summed E-state index contributed by atoms with van der Waals surface area (Å²) in [6.07, 6.45) is 5.48. The van der Waals surface area contributed by atoms with Crippen LogP contribution in [0, 0.1) is 5.82 Å². The summed E-state index contributed by atoms with van der Waals surface area (Å²) in [4.78, 5) is 7.06. The third kappa shape index (κ3) is 3.85. The number of nitrogens with zero attached hydrogens (tertiary/aromatic N) is 2. The average Bonchev–Trinajstić information content (AvgIpc) is 3.05. The smallest absolute Gasteiger partial charge is 0.192 e. The van der Waals surface area contributed by atoms with E-state index in [1.807, 2.05) is 12.1 Å². The Morgan fingerprint density at radius 1 is 1.04 bits per heavy atom. The molecule has 1 saturated heterocycles. The number of hydrogen-bond donors (Lipinski definition) is 1. The van der Waals surface area contributed by atoms with Gasteiger partial charge in [-0.2, -0.15) is 0 Å². The number of guanidine groups is 1. The maximum absolute atomic E-state index is 13.2. The van der Waals surface area contributed by atoms with Crippen molar-refractivity contribution in [2.24, 2.45) is 10.7 Å². The number of aliphatic imine (C=N–C) groups is 1. The molecular formula is C21H25ClFN3. The van der Waals surface area contributed by atoms with Crippen molar-refractivity contribution < 1.29 is 4.39 Å². The number of fused-ring (bicyclic) bond motifs is 1. The molecule has 0 aliphatic carbocycles. The molecule has 0 radical (unpaired) electrons. The average molecular weight is 374 g/mol. The second-order valence-electron chi connectivity index (χ2n) is 7.11. The molecule has 4 rings (SSSR count). The summed E-state index contributed by atoms with van der Waals surface area (Å²) in [5.41, 5.74) is 8.77. The number of rotatable bonds is 4. The Hall–Kier alpha value is -2.07. The Bertz CT molecular complexity index is 748. The maximum atomic E-state index is 13.2. The summed E-state index contributed by atoms with van der Waals surface area (Å²) >= 11 is 0. The van der Waals surface area contributed by atoms with Crippen LogP contribution >= 0.6 is 12.4 Å². The molecule has 0 spiro atoms. The topological polar surface area (TPSA) is 41.6 Å². The zero-order chi connectivity index (χ0) is 17.2. The minimum Gasteiger partial charge on any atom is -0.370 e. The molecule has 2 aromatic carbocycles. The maximum Gasteiger partial charge on any atom is 0.192 e. The molecule has 5 heteroatoms. The Morgan fingerprint density at radius 2 is 1.77 bits per heavy atom. The molecule has 0 aromatic heterocycles. The molecule has 0 unspecified atom stereocenters. The van der Waals surface area contributed by atoms with Gasteiger partial charge in [0.25, 0.3) is 0 Å². The number of aryl methyl sites for hydroxylation is 1. The number of hydrogen-bond acceptors (Lipinski definition) is 3. The van der Waals surface area contributed by atoms with Crippen LogP contribution in [0.1, 0.15) is 42.9 Å². The van der Waals surface area contributed by atoms with E-state index < -0.39 is 0 Å². The highest BCUT2D eigenvalue weighted by Gasteiger charge is 2.39. The van der Waals surface area contributed by atoms with Crippen LogP contribution < -0.4 is 5.73 Å². The Labute approximate surface area is 160 Å². The van der Waals surface area contributed by atoms with Gasteiger partial charge in [0.2, 0.25) is 0 Å². The highest BCUT2D eigenvalue weighted by molar-refractivity contribution is 5.85. The second kappa shape index (κ2) is 8.09. The summed E-state index contributed by atoms with van der Waals surface area (Å²) in [5.74, 6) is 0.445. The molecule has 2 aromatic rings. The lowest BCUT2D eigenvalue weighted by molar-refractivity contribution is 0.256. The highest BCUT2D eigenvalue weighted by Crippen LogP contribution is 2.37. The Balaban J connectivity index is 0.00000196. The molecule has 3 nitrogen and oxygen atoms in total. The molecule has 0 saturated carbocycles. The van der Waals surface area contributed by atoms with Crippen molar-refractivity contribution in [3.63, 3.8) is 0 Å². The fourth-order valence-electron chi connectivity index (χ4n) is 4.26. The van der Waals surface area contributed by atoms with Crippen LogP contribution in [0.25, 0.3) is 0 Å². The van der Waals surface area contributed by atoms with Gasteiger partial charge in [0.15, 0.2) is 5.96 Å². The number of benzene rings is 2. The van der Waals surface area contributed by atoms with E-state index in [9.17, 15) is 4.39 Å². The van der Waals surface area contributed by atoms with Crippen LogP contribution in [0.2, 0.25) is 0 Å². The number of halogens is 2. The molecule has 0 amide bonds. The number of nitrogens with two attached hydrogens (primary N) is 1. The third-order valence-corrected chi connectivity index (χ3v) is 5.53. The van der Waals surface area contributed by atoms with E-state index in [4.69, 9.17) is 10.7 Å². The van der Waals surface area contributed by atoms with Gasteiger partial charge in [-0.1, -0.05) is 42.5 Å². The quantitative estimate of drug-likeness (QED) is 0.858. The van der Waals surface area contributed by atoms with Crippen molar-refractivity contribution in [3.05, 3.63) is 71.5 Å². The van der Waals surface area contributed by atoms with Gasteiger partial charge < -0.3 is 10.6 Å². The molecule has 0 bridgehead atoms. The van der Waals surface area contributed by atoms with E-state index in [0.717, 1.165) is 31.2 Å². The van der Waals surface area contributed by atoms with E-state index in [1.54, 1.807) is 0 Å². The van der Waals surface area contributed by atoms with Crippen molar-refractivity contribution in [2.45, 2.75) is 50.2 Å². The van der Waals surface area contributed by atoms with Crippen LogP contribution in [-0.4, -0.2) is 22.9 Å². The van der Waals surface area contributed by atoms with E-state index in [2.05, 4.69) is 35.2 Å². The lowest BCUT2D eigenvalue weighted by Crippen LogP contribution is -2.48. The van der Waals surface area contributed by atoms with Gasteiger partial charge in [-0.05, 0) is 55.4 Å². The third-order valence-electron chi connectivity index (χ3n) is 5.53. The predicted molar refractivity (Wildman–Crippen MR) is 106 cm³/mol. The van der Waals surface area contributed by atoms with E-state index >= 15 is 0 Å². The van der Waals surface area contributed by atoms with Gasteiger partial charge in [0.1, 0.15) is 5.82 Å². The van der Waals surface area contributed by atoms with E-state index in [1.165, 1.54) is 24.1 Å². The fraction of sp³-hybridized carbons (Fsp3) is 0.381. The molecule has 138 valence electrons. The van der Waals surface area contributed by atoms with Crippen LogP contribution in [0.5, 0.6) is 0 Å². The first-order valence-electron chi connectivity index (χ1n) is 9.11. The molecule has 2 aliphatic rings. The highest BCUT2D eigenvalue weighted by atomic mass is 35.5. The van der Waals surface area contributed by atoms with Crippen LogP contribution in [0.15, 0.2) is 59.6 Å². The molecular weight excluding hydrogens is 349 g/mol. The van der Waals surface area contributed by atoms with Gasteiger partial charge in [0.05, 0.1) is 6.04 Å². The zero-order valence-corrected chi connectivity index (χ0v) is 15.5. The SMILES string of the molecule is Cl.NC1=N[C@@H](c2ccc(F)cc2)C[C@H]2CC[C@H](CCc3ccccc3)N12. The predicted octanol–water partition coefficient (Wildman–Crippen LogP) is 4.47. The van der Waals surface area contributed by atoms with Crippen molar-refractivity contribution in [2.75, 3.05) is 0 Å². The van der Waals surface area contributed by atoms with Crippen LogP contribution in [0.3, 0.4) is 0 Å². The fourth-order valence-corrected chi connectivity index (χ4v) is 4.26. The summed E-state index contributed by atoms with van der Waals surface area (Å²) in [6, 6.07) is 18.3. The van der Waals surface area contributed by atoms with Gasteiger partial charge in [-0.15, -0.1) is 12.4 Å². The normalized spacial score (nSPS) is 24.6. The minimum atomic E-state index is -0.208. The Kier molecular flexibility index (Phi) is 5.82. The first kappa shape index (κ1) is 18.7. The Morgan fingerprint density at radius 3 is 2.50 bits per heavy atom. The van der Waals surface area contributed by atoms with Crippen molar-refractivity contribution >= 4 is 18.4 Å². The van der Waals surface area contributed by atoms with Gasteiger partial charge >= 0.3 is 0 Å². The van der Waals surface area contributed by atoms with Crippen LogP contribution in [-0.2, 0) is 6.42 Å². The lowest BCUT2D eigenvalue weighted by atomic mass is 9.97. The molecule has 3 atom stereocenters. The summed E-state index contributed by atoms with van der Waals surface area (Å²) < 4.78 is 13.2. The molecule has 26 heavy (non-hydrogen) atoms. The van der Waals surface area contributed by atoms with Gasteiger partial charge in [-0.3, -0.25) is 0 Å². The minimum absolute atomic E-state index is 0. The first-order valence-corrected chi connectivity index (χ1v) is 9.11. The lowest BCUT2D eigenvalue weighted by Gasteiger charge is -2.37. The molecule has 2 heterocycles. The summed E-state index contributed by atoms with van der Waals surface area (Å²) in [5, 5.41) is 0. The monoisotopic (exact) mass is 373 g/mol. The summed E-state index contributed by atoms with van der Waals surface area (Å²) in [7, 11) is 0. The van der Waals surface area contributed by atoms with Crippen molar-refractivity contribution in [1.82, 2.24) is 4.90 Å². The van der Waals surface area contributed by atoms with Crippen molar-refractivity contribution in [3.8, 4) is 0 Å². The van der Waals surface area contributed by atoms with Gasteiger partial charge in [-0.25, -0.2) is 9.38 Å². The van der Waals surface area contributed by atoms with Crippen LogP contribution in [0.4, 0.5) is 4.39 Å².